The Hall–Kier alpha value is -0.570. The smallest absolute Gasteiger partial charge is 0.0674 e. The zero-order chi connectivity index (χ0) is 15.8. The molecule has 0 spiro atoms. The first-order chi connectivity index (χ1) is 11.2. The lowest BCUT2D eigenvalue weighted by atomic mass is 9.83. The average molecular weight is 334 g/mol. The van der Waals surface area contributed by atoms with Gasteiger partial charge in [-0.1, -0.05) is 43.0 Å². The highest BCUT2D eigenvalue weighted by molar-refractivity contribution is 6.31. The van der Waals surface area contributed by atoms with Crippen LogP contribution in [0.3, 0.4) is 0 Å². The fraction of sp³-hybridized carbons (Fsp3) is 0.700. The standard InChI is InChI=1S/C20H28ClNO/c1-14-13-22(9-10-23-14)20-12-18(20)16-7-8-17(19(21)11-16)15-5-3-2-4-6-15/h7-8,11,14-15,18,20H,2-6,9-10,12-13H2,1H3. The van der Waals surface area contributed by atoms with Gasteiger partial charge in [-0.25, -0.2) is 0 Å². The highest BCUT2D eigenvalue weighted by atomic mass is 35.5. The van der Waals surface area contributed by atoms with E-state index in [-0.39, 0.29) is 0 Å². The van der Waals surface area contributed by atoms with Gasteiger partial charge in [-0.2, -0.15) is 0 Å². The number of hydrogen-bond acceptors (Lipinski definition) is 2. The van der Waals surface area contributed by atoms with Crippen LogP contribution >= 0.6 is 11.6 Å². The van der Waals surface area contributed by atoms with Gasteiger partial charge in [0.25, 0.3) is 0 Å². The summed E-state index contributed by atoms with van der Waals surface area (Å²) in [6.07, 6.45) is 8.42. The molecule has 1 saturated heterocycles. The van der Waals surface area contributed by atoms with E-state index < -0.39 is 0 Å². The highest BCUT2D eigenvalue weighted by Crippen LogP contribution is 2.47. The minimum Gasteiger partial charge on any atom is -0.376 e. The third kappa shape index (κ3) is 3.45. The maximum atomic E-state index is 6.66. The van der Waals surface area contributed by atoms with E-state index in [1.807, 2.05) is 0 Å². The van der Waals surface area contributed by atoms with Crippen molar-refractivity contribution in [3.63, 3.8) is 0 Å². The van der Waals surface area contributed by atoms with E-state index in [9.17, 15) is 0 Å². The molecule has 0 bridgehead atoms. The summed E-state index contributed by atoms with van der Waals surface area (Å²) in [5, 5.41) is 1.01. The van der Waals surface area contributed by atoms with Gasteiger partial charge in [-0.3, -0.25) is 4.90 Å². The fourth-order valence-electron chi connectivity index (χ4n) is 4.61. The minimum atomic E-state index is 0.377. The van der Waals surface area contributed by atoms with Gasteiger partial charge in [0.1, 0.15) is 0 Å². The van der Waals surface area contributed by atoms with E-state index in [1.165, 1.54) is 49.7 Å². The molecule has 1 aromatic rings. The van der Waals surface area contributed by atoms with Gasteiger partial charge in [0.05, 0.1) is 12.7 Å². The topological polar surface area (TPSA) is 12.5 Å². The molecule has 3 unspecified atom stereocenters. The lowest BCUT2D eigenvalue weighted by molar-refractivity contribution is -0.0219. The Bertz CT molecular complexity index is 555. The van der Waals surface area contributed by atoms with Crippen LogP contribution in [0.2, 0.25) is 5.02 Å². The minimum absolute atomic E-state index is 0.377. The second-order valence-electron chi connectivity index (χ2n) is 7.70. The molecule has 4 rings (SSSR count). The normalized spacial score (nSPS) is 32.9. The van der Waals surface area contributed by atoms with E-state index in [0.717, 1.165) is 24.7 Å². The van der Waals surface area contributed by atoms with Crippen LogP contribution in [0.1, 0.15) is 68.4 Å². The fourth-order valence-corrected chi connectivity index (χ4v) is 4.95. The number of rotatable bonds is 3. The molecule has 23 heavy (non-hydrogen) atoms. The molecule has 3 atom stereocenters. The number of morpholine rings is 1. The first-order valence-corrected chi connectivity index (χ1v) is 9.75. The summed E-state index contributed by atoms with van der Waals surface area (Å²) < 4.78 is 5.67. The third-order valence-corrected chi connectivity index (χ3v) is 6.32. The van der Waals surface area contributed by atoms with Crippen molar-refractivity contribution in [2.24, 2.45) is 0 Å². The number of nitrogens with zero attached hydrogens (tertiary/aromatic N) is 1. The van der Waals surface area contributed by atoms with Crippen LogP contribution in [-0.4, -0.2) is 36.7 Å². The molecule has 2 aliphatic carbocycles. The zero-order valence-corrected chi connectivity index (χ0v) is 14.9. The maximum absolute atomic E-state index is 6.66. The molecule has 2 nitrogen and oxygen atoms in total. The quantitative estimate of drug-likeness (QED) is 0.774. The zero-order valence-electron chi connectivity index (χ0n) is 14.1. The van der Waals surface area contributed by atoms with Gasteiger partial charge in [-0.15, -0.1) is 0 Å². The van der Waals surface area contributed by atoms with Gasteiger partial charge in [0, 0.05) is 30.1 Å². The molecular weight excluding hydrogens is 306 g/mol. The largest absolute Gasteiger partial charge is 0.376 e. The Morgan fingerprint density at radius 2 is 2.00 bits per heavy atom. The van der Waals surface area contributed by atoms with Gasteiger partial charge >= 0.3 is 0 Å². The number of hydrogen-bond donors (Lipinski definition) is 0. The van der Waals surface area contributed by atoms with Crippen LogP contribution in [0.5, 0.6) is 0 Å². The molecule has 3 fully saturated rings. The Morgan fingerprint density at radius 3 is 2.74 bits per heavy atom. The number of halogens is 1. The van der Waals surface area contributed by atoms with Crippen LogP contribution in [0.4, 0.5) is 0 Å². The van der Waals surface area contributed by atoms with Crippen LogP contribution in [0, 0.1) is 0 Å². The van der Waals surface area contributed by atoms with Crippen molar-refractivity contribution in [2.75, 3.05) is 19.7 Å². The van der Waals surface area contributed by atoms with E-state index in [0.29, 0.717) is 24.0 Å². The van der Waals surface area contributed by atoms with E-state index in [1.54, 1.807) is 0 Å². The number of benzene rings is 1. The van der Waals surface area contributed by atoms with Crippen molar-refractivity contribution in [1.29, 1.82) is 0 Å². The second-order valence-corrected chi connectivity index (χ2v) is 8.11. The molecule has 1 heterocycles. The summed E-state index contributed by atoms with van der Waals surface area (Å²) in [6, 6.07) is 7.65. The third-order valence-electron chi connectivity index (χ3n) is 6.00. The Balaban J connectivity index is 1.43. The van der Waals surface area contributed by atoms with Crippen LogP contribution < -0.4 is 0 Å². The summed E-state index contributed by atoms with van der Waals surface area (Å²) in [5.41, 5.74) is 2.84. The SMILES string of the molecule is CC1CN(C2CC2c2ccc(C3CCCCC3)c(Cl)c2)CCO1. The Kier molecular flexibility index (Phi) is 4.67. The molecular formula is C20H28ClNO. The maximum Gasteiger partial charge on any atom is 0.0674 e. The van der Waals surface area contributed by atoms with E-state index in [4.69, 9.17) is 16.3 Å². The molecule has 1 aliphatic heterocycles. The van der Waals surface area contributed by atoms with Gasteiger partial charge in [0.2, 0.25) is 0 Å². The summed E-state index contributed by atoms with van der Waals surface area (Å²) >= 11 is 6.66. The first-order valence-electron chi connectivity index (χ1n) is 9.37. The van der Waals surface area contributed by atoms with Crippen molar-refractivity contribution in [3.8, 4) is 0 Å². The second kappa shape index (κ2) is 6.74. The van der Waals surface area contributed by atoms with Crippen LogP contribution in [0.25, 0.3) is 0 Å². The lowest BCUT2D eigenvalue weighted by Gasteiger charge is -2.31. The van der Waals surface area contributed by atoms with Gasteiger partial charge < -0.3 is 4.74 Å². The lowest BCUT2D eigenvalue weighted by Crippen LogP contribution is -2.42. The van der Waals surface area contributed by atoms with Crippen LogP contribution in [0.15, 0.2) is 18.2 Å². The predicted molar refractivity (Wildman–Crippen MR) is 95.4 cm³/mol. The molecule has 0 amide bonds. The molecule has 3 aliphatic rings. The molecule has 1 aromatic carbocycles. The Labute approximate surface area is 145 Å². The molecule has 0 N–H and O–H groups in total. The molecule has 2 saturated carbocycles. The van der Waals surface area contributed by atoms with Crippen molar-refractivity contribution < 1.29 is 4.74 Å². The summed E-state index contributed by atoms with van der Waals surface area (Å²) in [6.45, 7) is 5.22. The van der Waals surface area contributed by atoms with E-state index in [2.05, 4.69) is 30.0 Å². The summed E-state index contributed by atoms with van der Waals surface area (Å²) in [7, 11) is 0. The predicted octanol–water partition coefficient (Wildman–Crippen LogP) is 4.96. The average Bonchev–Trinajstić information content (AvgIpc) is 3.36. The first kappa shape index (κ1) is 15.9. The molecule has 126 valence electrons. The van der Waals surface area contributed by atoms with Crippen LogP contribution in [-0.2, 0) is 4.74 Å². The molecule has 0 radical (unpaired) electrons. The van der Waals surface area contributed by atoms with E-state index >= 15 is 0 Å². The van der Waals surface area contributed by atoms with Gasteiger partial charge in [0.15, 0.2) is 0 Å². The van der Waals surface area contributed by atoms with Gasteiger partial charge in [-0.05, 0) is 49.3 Å². The van der Waals surface area contributed by atoms with Crippen molar-refractivity contribution in [1.82, 2.24) is 4.90 Å². The monoisotopic (exact) mass is 333 g/mol. The molecule has 3 heteroatoms. The number of ether oxygens (including phenoxy) is 1. The Morgan fingerprint density at radius 1 is 1.17 bits per heavy atom. The summed E-state index contributed by atoms with van der Waals surface area (Å²) in [4.78, 5) is 2.61. The highest BCUT2D eigenvalue weighted by Gasteiger charge is 2.43. The van der Waals surface area contributed by atoms with Crippen molar-refractivity contribution >= 4 is 11.6 Å². The van der Waals surface area contributed by atoms with Crippen molar-refractivity contribution in [2.45, 2.75) is 69.4 Å². The molecule has 0 aromatic heterocycles. The summed E-state index contributed by atoms with van der Waals surface area (Å²) in [5.74, 6) is 1.37. The van der Waals surface area contributed by atoms with Crippen molar-refractivity contribution in [3.05, 3.63) is 34.3 Å².